The van der Waals surface area contributed by atoms with Gasteiger partial charge in [-0.25, -0.2) is 0 Å². The zero-order chi connectivity index (χ0) is 7.11. The van der Waals surface area contributed by atoms with Crippen molar-refractivity contribution in [1.82, 2.24) is 0 Å². The third-order valence-electron chi connectivity index (χ3n) is 0.686. The topological polar surface area (TPSA) is 26.3 Å². The van der Waals surface area contributed by atoms with Crippen molar-refractivity contribution in [2.75, 3.05) is 6.61 Å². The summed E-state index contributed by atoms with van der Waals surface area (Å²) in [6, 6.07) is 0. The lowest BCUT2D eigenvalue weighted by molar-refractivity contribution is -0.141. The van der Waals surface area contributed by atoms with E-state index in [2.05, 4.69) is 23.5 Å². The average Bonchev–Trinajstić information content (AvgIpc) is 1.89. The molecule has 0 amide bonds. The predicted octanol–water partition coefficient (Wildman–Crippen LogP) is 0.777. The third kappa shape index (κ3) is 4.89. The van der Waals surface area contributed by atoms with Crippen LogP contribution in [0.1, 0.15) is 13.3 Å². The van der Waals surface area contributed by atoms with Crippen molar-refractivity contribution in [2.24, 2.45) is 0 Å². The summed E-state index contributed by atoms with van der Waals surface area (Å²) in [6.07, 6.45) is 0.172. The molecule has 0 spiro atoms. The highest BCUT2D eigenvalue weighted by atomic mass is 16.5. The van der Waals surface area contributed by atoms with Gasteiger partial charge in [0.05, 0.1) is 0 Å². The lowest BCUT2D eigenvalue weighted by Gasteiger charge is -1.93. The van der Waals surface area contributed by atoms with Crippen LogP contribution >= 0.6 is 0 Å². The Kier molecular flexibility index (Phi) is 4.61. The first-order chi connectivity index (χ1) is 4.31. The van der Waals surface area contributed by atoms with Gasteiger partial charge in [0.2, 0.25) is 0 Å². The molecule has 49 valence electrons. The summed E-state index contributed by atoms with van der Waals surface area (Å²) in [7, 11) is 0. The van der Waals surface area contributed by atoms with Crippen LogP contribution in [0.4, 0.5) is 0 Å². The third-order valence-corrected chi connectivity index (χ3v) is 0.686. The summed E-state index contributed by atoms with van der Waals surface area (Å²) in [5.41, 5.74) is 0. The molecule has 0 saturated heterocycles. The number of hydrogen-bond donors (Lipinski definition) is 0. The van der Waals surface area contributed by atoms with Crippen molar-refractivity contribution in [2.45, 2.75) is 13.3 Å². The van der Waals surface area contributed by atoms with E-state index in [9.17, 15) is 4.79 Å². The van der Waals surface area contributed by atoms with E-state index in [-0.39, 0.29) is 19.0 Å². The minimum Gasteiger partial charge on any atom is -0.452 e. The average molecular weight is 125 g/mol. The zero-order valence-corrected chi connectivity index (χ0v) is 5.44. The zero-order valence-electron chi connectivity index (χ0n) is 5.44. The van der Waals surface area contributed by atoms with E-state index in [1.54, 1.807) is 6.92 Å². The summed E-state index contributed by atoms with van der Waals surface area (Å²) in [4.78, 5) is 10.3. The largest absolute Gasteiger partial charge is 0.452 e. The van der Waals surface area contributed by atoms with Crippen LogP contribution in [0.2, 0.25) is 0 Å². The number of carbonyl (C=O) groups is 1. The van der Waals surface area contributed by atoms with Gasteiger partial charge < -0.3 is 4.74 Å². The van der Waals surface area contributed by atoms with Crippen molar-refractivity contribution in [3.63, 3.8) is 0 Å². The number of ether oxygens (including phenoxy) is 1. The molecule has 0 rings (SSSR count). The van der Waals surface area contributed by atoms with Crippen molar-refractivity contribution in [1.29, 1.82) is 0 Å². The van der Waals surface area contributed by atoms with Gasteiger partial charge in [-0.1, -0.05) is 5.92 Å². The van der Waals surface area contributed by atoms with Crippen LogP contribution in [-0.2, 0) is 9.53 Å². The van der Waals surface area contributed by atoms with Gasteiger partial charge >= 0.3 is 5.97 Å². The Balaban J connectivity index is 3.24. The van der Waals surface area contributed by atoms with Crippen molar-refractivity contribution >= 4 is 5.97 Å². The fourth-order valence-electron chi connectivity index (χ4n) is 0.261. The van der Waals surface area contributed by atoms with Crippen LogP contribution in [0.5, 0.6) is 0 Å². The van der Waals surface area contributed by atoms with Gasteiger partial charge in [0, 0.05) is 6.42 Å². The Bertz CT molecular complexity index is 139. The van der Waals surface area contributed by atoms with E-state index >= 15 is 0 Å². The van der Waals surface area contributed by atoms with Crippen LogP contribution in [0.15, 0.2) is 0 Å². The van der Waals surface area contributed by atoms with Crippen molar-refractivity contribution in [3.05, 3.63) is 6.92 Å². The fourth-order valence-corrected chi connectivity index (χ4v) is 0.261. The molecule has 0 heterocycles. The maximum atomic E-state index is 10.3. The molecule has 0 aliphatic rings. The number of esters is 1. The molecule has 0 unspecified atom stereocenters. The second kappa shape index (κ2) is 5.17. The van der Waals surface area contributed by atoms with E-state index in [0.717, 1.165) is 0 Å². The minimum absolute atomic E-state index is 0.172. The molecule has 0 bridgehead atoms. The molecule has 0 saturated carbocycles. The first-order valence-electron chi connectivity index (χ1n) is 2.65. The van der Waals surface area contributed by atoms with E-state index in [1.807, 2.05) is 0 Å². The molecule has 0 aromatic heterocycles. The van der Waals surface area contributed by atoms with E-state index in [1.165, 1.54) is 0 Å². The summed E-state index contributed by atoms with van der Waals surface area (Å²) in [5.74, 6) is 4.88. The lowest BCUT2D eigenvalue weighted by atomic mass is 10.5. The quantitative estimate of drug-likeness (QED) is 0.402. The molecule has 0 aromatic rings. The van der Waals surface area contributed by atoms with E-state index < -0.39 is 0 Å². The molecule has 0 aliphatic heterocycles. The molecule has 2 nitrogen and oxygen atoms in total. The Morgan fingerprint density at radius 2 is 2.44 bits per heavy atom. The van der Waals surface area contributed by atoms with Crippen molar-refractivity contribution in [3.8, 4) is 11.8 Å². The Hall–Kier alpha value is -0.970. The minimum atomic E-state index is -0.308. The second-order valence-corrected chi connectivity index (χ2v) is 1.34. The highest BCUT2D eigenvalue weighted by molar-refractivity contribution is 5.69. The van der Waals surface area contributed by atoms with Crippen LogP contribution in [0, 0.1) is 18.8 Å². The highest BCUT2D eigenvalue weighted by Gasteiger charge is 1.92. The van der Waals surface area contributed by atoms with Crippen LogP contribution < -0.4 is 0 Å². The molecule has 0 aromatic carbocycles. The molecule has 9 heavy (non-hydrogen) atoms. The summed E-state index contributed by atoms with van der Waals surface area (Å²) >= 11 is 0. The van der Waals surface area contributed by atoms with Gasteiger partial charge in [0.25, 0.3) is 0 Å². The first kappa shape index (κ1) is 8.03. The molecular weight excluding hydrogens is 116 g/mol. The number of hydrogen-bond acceptors (Lipinski definition) is 2. The molecule has 2 heteroatoms. The number of carbonyl (C=O) groups excluding carboxylic acids is 1. The predicted molar refractivity (Wildman–Crippen MR) is 34.4 cm³/mol. The molecular formula is C7H9O2. The standard InChI is InChI=1S/C7H9O2/c1-3-5-6-9-7(8)4-2/h2,4,6H2,1H3. The SMILES string of the molecule is [CH2]CC(=O)OCC#CC. The van der Waals surface area contributed by atoms with E-state index in [0.29, 0.717) is 0 Å². The molecule has 0 aliphatic carbocycles. The van der Waals surface area contributed by atoms with Gasteiger partial charge in [-0.15, -0.1) is 5.92 Å². The highest BCUT2D eigenvalue weighted by Crippen LogP contribution is 1.80. The summed E-state index contributed by atoms with van der Waals surface area (Å²) in [5, 5.41) is 0. The van der Waals surface area contributed by atoms with Crippen LogP contribution in [0.25, 0.3) is 0 Å². The smallest absolute Gasteiger partial charge is 0.306 e. The Morgan fingerprint density at radius 1 is 1.78 bits per heavy atom. The maximum Gasteiger partial charge on any atom is 0.306 e. The monoisotopic (exact) mass is 125 g/mol. The second-order valence-electron chi connectivity index (χ2n) is 1.34. The van der Waals surface area contributed by atoms with Crippen LogP contribution in [-0.4, -0.2) is 12.6 Å². The van der Waals surface area contributed by atoms with Gasteiger partial charge in [-0.2, -0.15) is 0 Å². The summed E-state index contributed by atoms with van der Waals surface area (Å²) in [6.45, 7) is 5.22. The van der Waals surface area contributed by atoms with Crippen LogP contribution in [0.3, 0.4) is 0 Å². The maximum absolute atomic E-state index is 10.3. The van der Waals surface area contributed by atoms with Gasteiger partial charge in [-0.05, 0) is 13.8 Å². The lowest BCUT2D eigenvalue weighted by Crippen LogP contribution is -2.01. The molecule has 0 fully saturated rings. The van der Waals surface area contributed by atoms with Crippen molar-refractivity contribution < 1.29 is 9.53 Å². The molecule has 0 N–H and O–H groups in total. The summed E-state index contributed by atoms with van der Waals surface area (Å²) < 4.78 is 4.56. The molecule has 1 radical (unpaired) electrons. The molecule has 0 atom stereocenters. The Morgan fingerprint density at radius 3 is 2.89 bits per heavy atom. The number of rotatable bonds is 2. The van der Waals surface area contributed by atoms with Gasteiger partial charge in [0.1, 0.15) is 0 Å². The van der Waals surface area contributed by atoms with Gasteiger partial charge in [0.15, 0.2) is 6.61 Å². The Labute approximate surface area is 55.2 Å². The normalized spacial score (nSPS) is 7.33. The van der Waals surface area contributed by atoms with Gasteiger partial charge in [-0.3, -0.25) is 4.79 Å². The first-order valence-corrected chi connectivity index (χ1v) is 2.65. The fraction of sp³-hybridized carbons (Fsp3) is 0.429. The van der Waals surface area contributed by atoms with E-state index in [4.69, 9.17) is 0 Å².